The van der Waals surface area contributed by atoms with Gasteiger partial charge in [0.05, 0.1) is 23.7 Å². The lowest BCUT2D eigenvalue weighted by molar-refractivity contribution is -0.128. The van der Waals surface area contributed by atoms with Crippen molar-refractivity contribution in [1.29, 1.82) is 0 Å². The van der Waals surface area contributed by atoms with Crippen molar-refractivity contribution >= 4 is 21.9 Å². The molecule has 2 rings (SSSR count). The van der Waals surface area contributed by atoms with Crippen LogP contribution in [0.1, 0.15) is 17.3 Å². The van der Waals surface area contributed by atoms with Gasteiger partial charge in [-0.15, -0.1) is 0 Å². The SMILES string of the molecule is CNC(=O)[C@@H](C)OC(=O)c1cc(S(=O)(=O)N2CCOCC2)ccc1F. The quantitative estimate of drug-likeness (QED) is 0.736. The van der Waals surface area contributed by atoms with Crippen LogP contribution in [0.5, 0.6) is 0 Å². The summed E-state index contributed by atoms with van der Waals surface area (Å²) in [6, 6.07) is 2.88. The fraction of sp³-hybridized carbons (Fsp3) is 0.467. The summed E-state index contributed by atoms with van der Waals surface area (Å²) in [5, 5.41) is 2.29. The number of sulfonamides is 1. The van der Waals surface area contributed by atoms with Crippen molar-refractivity contribution in [3.8, 4) is 0 Å². The molecule has 1 aliphatic heterocycles. The van der Waals surface area contributed by atoms with Gasteiger partial charge in [0.25, 0.3) is 5.91 Å². The number of ether oxygens (including phenoxy) is 2. The minimum Gasteiger partial charge on any atom is -0.449 e. The van der Waals surface area contributed by atoms with Crippen LogP contribution in [0, 0.1) is 5.82 Å². The molecule has 1 heterocycles. The zero-order valence-electron chi connectivity index (χ0n) is 13.8. The van der Waals surface area contributed by atoms with Crippen molar-refractivity contribution in [2.75, 3.05) is 33.4 Å². The summed E-state index contributed by atoms with van der Waals surface area (Å²) in [4.78, 5) is 23.3. The Balaban J connectivity index is 2.27. The minimum atomic E-state index is -3.88. The Labute approximate surface area is 144 Å². The first kappa shape index (κ1) is 19.3. The molecule has 1 aromatic rings. The van der Waals surface area contributed by atoms with Crippen molar-refractivity contribution in [2.45, 2.75) is 17.9 Å². The van der Waals surface area contributed by atoms with Gasteiger partial charge in [0, 0.05) is 20.1 Å². The van der Waals surface area contributed by atoms with E-state index in [-0.39, 0.29) is 31.2 Å². The number of hydrogen-bond donors (Lipinski definition) is 1. The predicted octanol–water partition coefficient (Wildman–Crippen LogP) is 0.138. The van der Waals surface area contributed by atoms with Gasteiger partial charge in [0.2, 0.25) is 10.0 Å². The average molecular weight is 374 g/mol. The smallest absolute Gasteiger partial charge is 0.341 e. The molecular formula is C15H19FN2O6S. The standard InChI is InChI=1S/C15H19FN2O6S/c1-10(14(19)17-2)24-15(20)12-9-11(3-4-13(12)16)25(21,22)18-5-7-23-8-6-18/h3-4,9-10H,5-8H2,1-2H3,(H,17,19)/t10-/m1/s1. The number of benzene rings is 1. The molecule has 1 N–H and O–H groups in total. The monoisotopic (exact) mass is 374 g/mol. The lowest BCUT2D eigenvalue weighted by Gasteiger charge is -2.26. The summed E-state index contributed by atoms with van der Waals surface area (Å²) in [5.74, 6) is -2.62. The van der Waals surface area contributed by atoms with Gasteiger partial charge in [0.1, 0.15) is 5.82 Å². The van der Waals surface area contributed by atoms with Crippen LogP contribution in [-0.2, 0) is 24.3 Å². The summed E-state index contributed by atoms with van der Waals surface area (Å²) < 4.78 is 50.3. The van der Waals surface area contributed by atoms with E-state index in [0.717, 1.165) is 18.2 Å². The highest BCUT2D eigenvalue weighted by Crippen LogP contribution is 2.21. The molecule has 0 unspecified atom stereocenters. The Bertz CT molecular complexity index is 761. The maximum absolute atomic E-state index is 14.0. The summed E-state index contributed by atoms with van der Waals surface area (Å²) in [6.45, 7) is 2.20. The van der Waals surface area contributed by atoms with E-state index in [1.54, 1.807) is 0 Å². The van der Waals surface area contributed by atoms with Crippen LogP contribution in [0.4, 0.5) is 4.39 Å². The number of amides is 1. The molecule has 1 atom stereocenters. The fourth-order valence-corrected chi connectivity index (χ4v) is 3.67. The molecule has 0 aliphatic carbocycles. The minimum absolute atomic E-state index is 0.174. The summed E-state index contributed by atoms with van der Waals surface area (Å²) in [5.41, 5.74) is -0.551. The Morgan fingerprint density at radius 3 is 2.56 bits per heavy atom. The molecule has 1 amide bonds. The second-order valence-electron chi connectivity index (χ2n) is 5.32. The third-order valence-electron chi connectivity index (χ3n) is 3.67. The number of carbonyl (C=O) groups excluding carboxylic acids is 2. The second kappa shape index (κ2) is 7.89. The molecule has 1 saturated heterocycles. The molecule has 25 heavy (non-hydrogen) atoms. The second-order valence-corrected chi connectivity index (χ2v) is 7.26. The number of morpholine rings is 1. The van der Waals surface area contributed by atoms with Crippen molar-refractivity contribution in [2.24, 2.45) is 0 Å². The molecule has 0 radical (unpaired) electrons. The van der Waals surface area contributed by atoms with Crippen LogP contribution < -0.4 is 5.32 Å². The number of nitrogens with one attached hydrogen (secondary N) is 1. The number of halogens is 1. The number of nitrogens with zero attached hydrogens (tertiary/aromatic N) is 1. The van der Waals surface area contributed by atoms with Gasteiger partial charge in [-0.1, -0.05) is 0 Å². The van der Waals surface area contributed by atoms with Crippen molar-refractivity contribution < 1.29 is 31.9 Å². The van der Waals surface area contributed by atoms with Gasteiger partial charge in [-0.05, 0) is 25.1 Å². The van der Waals surface area contributed by atoms with Crippen molar-refractivity contribution in [1.82, 2.24) is 9.62 Å². The Kier molecular flexibility index (Phi) is 6.09. The average Bonchev–Trinajstić information content (AvgIpc) is 2.61. The van der Waals surface area contributed by atoms with Gasteiger partial charge in [-0.25, -0.2) is 17.6 Å². The zero-order chi connectivity index (χ0) is 18.6. The number of esters is 1. The Hall–Kier alpha value is -2.04. The van der Waals surface area contributed by atoms with E-state index in [2.05, 4.69) is 5.32 Å². The molecule has 0 spiro atoms. The first-order valence-electron chi connectivity index (χ1n) is 7.57. The van der Waals surface area contributed by atoms with Gasteiger partial charge >= 0.3 is 5.97 Å². The van der Waals surface area contributed by atoms with Crippen molar-refractivity contribution in [3.05, 3.63) is 29.6 Å². The third kappa shape index (κ3) is 4.33. The number of rotatable bonds is 5. The van der Waals surface area contributed by atoms with E-state index in [4.69, 9.17) is 9.47 Å². The normalized spacial score (nSPS) is 16.9. The van der Waals surface area contributed by atoms with E-state index in [1.807, 2.05) is 0 Å². The van der Waals surface area contributed by atoms with Crippen LogP contribution in [0.2, 0.25) is 0 Å². The lowest BCUT2D eigenvalue weighted by Crippen LogP contribution is -2.40. The van der Waals surface area contributed by atoms with E-state index >= 15 is 0 Å². The molecule has 0 bridgehead atoms. The predicted molar refractivity (Wildman–Crippen MR) is 84.9 cm³/mol. The lowest BCUT2D eigenvalue weighted by atomic mass is 10.2. The van der Waals surface area contributed by atoms with E-state index in [0.29, 0.717) is 0 Å². The Morgan fingerprint density at radius 2 is 1.96 bits per heavy atom. The molecular weight excluding hydrogens is 355 g/mol. The molecule has 1 aromatic carbocycles. The summed E-state index contributed by atoms with van der Waals surface area (Å²) in [7, 11) is -2.52. The third-order valence-corrected chi connectivity index (χ3v) is 5.56. The van der Waals surface area contributed by atoms with Gasteiger partial charge in [-0.3, -0.25) is 4.79 Å². The highest BCUT2D eigenvalue weighted by molar-refractivity contribution is 7.89. The fourth-order valence-electron chi connectivity index (χ4n) is 2.24. The highest BCUT2D eigenvalue weighted by atomic mass is 32.2. The molecule has 1 aliphatic rings. The number of likely N-dealkylation sites (N-methyl/N-ethyl adjacent to an activating group) is 1. The molecule has 10 heteroatoms. The zero-order valence-corrected chi connectivity index (χ0v) is 14.6. The first-order chi connectivity index (χ1) is 11.8. The largest absolute Gasteiger partial charge is 0.449 e. The molecule has 1 fully saturated rings. The van der Waals surface area contributed by atoms with E-state index in [9.17, 15) is 22.4 Å². The van der Waals surface area contributed by atoms with Gasteiger partial charge in [0.15, 0.2) is 6.10 Å². The van der Waals surface area contributed by atoms with Crippen molar-refractivity contribution in [3.63, 3.8) is 0 Å². The van der Waals surface area contributed by atoms with Gasteiger partial charge in [-0.2, -0.15) is 4.31 Å². The molecule has 8 nitrogen and oxygen atoms in total. The molecule has 0 aromatic heterocycles. The number of hydrogen-bond acceptors (Lipinski definition) is 6. The maximum Gasteiger partial charge on any atom is 0.341 e. The van der Waals surface area contributed by atoms with Crippen LogP contribution in [-0.4, -0.2) is 64.1 Å². The Morgan fingerprint density at radius 1 is 1.32 bits per heavy atom. The topological polar surface area (TPSA) is 102 Å². The van der Waals surface area contributed by atoms with Crippen LogP contribution in [0.15, 0.2) is 23.1 Å². The number of carbonyl (C=O) groups is 2. The van der Waals surface area contributed by atoms with Crippen LogP contribution in [0.3, 0.4) is 0 Å². The van der Waals surface area contributed by atoms with E-state index in [1.165, 1.54) is 18.3 Å². The van der Waals surface area contributed by atoms with Gasteiger partial charge < -0.3 is 14.8 Å². The van der Waals surface area contributed by atoms with Crippen LogP contribution in [0.25, 0.3) is 0 Å². The summed E-state index contributed by atoms with van der Waals surface area (Å²) in [6.07, 6.45) is -1.14. The van der Waals surface area contributed by atoms with E-state index < -0.39 is 39.4 Å². The first-order valence-corrected chi connectivity index (χ1v) is 9.01. The maximum atomic E-state index is 14.0. The molecule has 0 saturated carbocycles. The summed E-state index contributed by atoms with van der Waals surface area (Å²) >= 11 is 0. The molecule has 138 valence electrons. The highest BCUT2D eigenvalue weighted by Gasteiger charge is 2.28. The van der Waals surface area contributed by atoms with Crippen LogP contribution >= 0.6 is 0 Å².